The minimum Gasteiger partial charge on any atom is -0.0651 e. The molecule has 1 radical (unpaired) electrons. The van der Waals surface area contributed by atoms with Crippen molar-refractivity contribution in [2.24, 2.45) is 11.8 Å². The Hall–Kier alpha value is 0. The summed E-state index contributed by atoms with van der Waals surface area (Å²) in [5.41, 5.74) is 0. The van der Waals surface area contributed by atoms with Gasteiger partial charge in [-0.15, -0.1) is 0 Å². The first-order valence-corrected chi connectivity index (χ1v) is 5.41. The lowest BCUT2D eigenvalue weighted by Crippen LogP contribution is -2.04. The molecular weight excluding hydrogens is 144 g/mol. The van der Waals surface area contributed by atoms with E-state index < -0.39 is 0 Å². The van der Waals surface area contributed by atoms with Crippen molar-refractivity contribution in [1.29, 1.82) is 0 Å². The van der Waals surface area contributed by atoms with E-state index in [9.17, 15) is 0 Å². The van der Waals surface area contributed by atoms with E-state index in [1.807, 2.05) is 0 Å². The monoisotopic (exact) mass is 169 g/mol. The molecule has 2 atom stereocenters. The molecule has 12 heavy (non-hydrogen) atoms. The van der Waals surface area contributed by atoms with Crippen LogP contribution >= 0.6 is 0 Å². The highest BCUT2D eigenvalue weighted by Gasteiger charge is 2.10. The molecule has 0 amide bonds. The Labute approximate surface area is 78.8 Å². The fourth-order valence-corrected chi connectivity index (χ4v) is 1.56. The van der Waals surface area contributed by atoms with E-state index in [4.69, 9.17) is 0 Å². The summed E-state index contributed by atoms with van der Waals surface area (Å²) in [7, 11) is 0. The van der Waals surface area contributed by atoms with Crippen molar-refractivity contribution < 1.29 is 0 Å². The van der Waals surface area contributed by atoms with Crippen LogP contribution in [0.1, 0.15) is 60.3 Å². The predicted octanol–water partition coefficient (Wildman–Crippen LogP) is 4.45. The van der Waals surface area contributed by atoms with Crippen molar-refractivity contribution in [3.05, 3.63) is 5.92 Å². The Bertz CT molecular complexity index is 84.2. The zero-order valence-electron chi connectivity index (χ0n) is 9.48. The molecule has 0 aromatic heterocycles. The molecule has 0 aliphatic heterocycles. The van der Waals surface area contributed by atoms with E-state index in [1.165, 1.54) is 25.7 Å². The van der Waals surface area contributed by atoms with Crippen LogP contribution in [-0.2, 0) is 0 Å². The average molecular weight is 169 g/mol. The van der Waals surface area contributed by atoms with Gasteiger partial charge in [-0.2, -0.15) is 0 Å². The second-order valence-electron chi connectivity index (χ2n) is 4.39. The van der Waals surface area contributed by atoms with E-state index in [0.717, 1.165) is 11.8 Å². The average Bonchev–Trinajstić information content (AvgIpc) is 2.03. The molecule has 0 N–H and O–H groups in total. The lowest BCUT2D eigenvalue weighted by Gasteiger charge is -2.18. The Kier molecular flexibility index (Phi) is 6.51. The van der Waals surface area contributed by atoms with Crippen LogP contribution < -0.4 is 0 Å². The number of hydrogen-bond donors (Lipinski definition) is 0. The van der Waals surface area contributed by atoms with Gasteiger partial charge < -0.3 is 0 Å². The summed E-state index contributed by atoms with van der Waals surface area (Å²) in [4.78, 5) is 0. The van der Waals surface area contributed by atoms with Gasteiger partial charge in [0.15, 0.2) is 0 Å². The molecule has 0 fully saturated rings. The quantitative estimate of drug-likeness (QED) is 0.551. The summed E-state index contributed by atoms with van der Waals surface area (Å²) in [6.07, 6.45) is 5.30. The third-order valence-corrected chi connectivity index (χ3v) is 2.79. The summed E-state index contributed by atoms with van der Waals surface area (Å²) in [5.74, 6) is 3.46. The van der Waals surface area contributed by atoms with Gasteiger partial charge in [0, 0.05) is 0 Å². The molecule has 0 aliphatic rings. The minimum absolute atomic E-state index is 0.883. The maximum absolute atomic E-state index is 2.35. The Morgan fingerprint density at radius 2 is 1.25 bits per heavy atom. The molecule has 0 rings (SSSR count). The van der Waals surface area contributed by atoms with Gasteiger partial charge in [0.05, 0.1) is 0 Å². The molecule has 0 saturated carbocycles. The van der Waals surface area contributed by atoms with Gasteiger partial charge in [-0.05, 0) is 30.6 Å². The Morgan fingerprint density at radius 1 is 0.917 bits per heavy atom. The summed E-state index contributed by atoms with van der Waals surface area (Å²) in [5, 5.41) is 0. The van der Waals surface area contributed by atoms with Crippen molar-refractivity contribution in [2.45, 2.75) is 60.3 Å². The van der Waals surface area contributed by atoms with Crippen LogP contribution in [-0.4, -0.2) is 0 Å². The molecule has 2 unspecified atom stereocenters. The zero-order valence-corrected chi connectivity index (χ0v) is 9.48. The smallest absolute Gasteiger partial charge is 0.0267 e. The summed E-state index contributed by atoms with van der Waals surface area (Å²) in [6.45, 7) is 11.6. The topological polar surface area (TPSA) is 0 Å². The first-order chi connectivity index (χ1) is 5.60. The van der Waals surface area contributed by atoms with Gasteiger partial charge >= 0.3 is 0 Å². The predicted molar refractivity (Wildman–Crippen MR) is 57.1 cm³/mol. The first-order valence-electron chi connectivity index (χ1n) is 5.41. The Morgan fingerprint density at radius 3 is 1.50 bits per heavy atom. The van der Waals surface area contributed by atoms with Crippen LogP contribution in [0, 0.1) is 17.8 Å². The van der Waals surface area contributed by atoms with Gasteiger partial charge in [-0.1, -0.05) is 47.5 Å². The molecule has 73 valence electrons. The Balaban J connectivity index is 3.51. The van der Waals surface area contributed by atoms with Crippen molar-refractivity contribution >= 4 is 0 Å². The fourth-order valence-electron chi connectivity index (χ4n) is 1.56. The van der Waals surface area contributed by atoms with Gasteiger partial charge in [-0.25, -0.2) is 0 Å². The normalized spacial score (nSPS) is 16.5. The van der Waals surface area contributed by atoms with E-state index in [1.54, 1.807) is 5.92 Å². The zero-order chi connectivity index (χ0) is 9.56. The largest absolute Gasteiger partial charge is 0.0651 e. The molecule has 0 saturated heterocycles. The van der Waals surface area contributed by atoms with Crippen molar-refractivity contribution in [1.82, 2.24) is 0 Å². The van der Waals surface area contributed by atoms with Crippen molar-refractivity contribution in [3.8, 4) is 0 Å². The van der Waals surface area contributed by atoms with Gasteiger partial charge in [-0.3, -0.25) is 0 Å². The highest BCUT2D eigenvalue weighted by Crippen LogP contribution is 2.24. The van der Waals surface area contributed by atoms with Gasteiger partial charge in [0.25, 0.3) is 0 Å². The third kappa shape index (κ3) is 5.62. The van der Waals surface area contributed by atoms with Crippen molar-refractivity contribution in [3.63, 3.8) is 0 Å². The molecule has 0 aliphatic carbocycles. The molecule has 0 heteroatoms. The molecular formula is C12H25. The van der Waals surface area contributed by atoms with Crippen LogP contribution in [0.25, 0.3) is 0 Å². The number of hydrogen-bond acceptors (Lipinski definition) is 0. The lowest BCUT2D eigenvalue weighted by molar-refractivity contribution is 0.456. The number of rotatable bonds is 6. The van der Waals surface area contributed by atoms with Gasteiger partial charge in [0.1, 0.15) is 0 Å². The van der Waals surface area contributed by atoms with Crippen LogP contribution in [0.4, 0.5) is 0 Å². The fraction of sp³-hybridized carbons (Fsp3) is 0.917. The SMILES string of the molecule is CCC(C)C[C](C)CC(C)CC. The minimum atomic E-state index is 0.883. The highest BCUT2D eigenvalue weighted by atomic mass is 14.2. The van der Waals surface area contributed by atoms with Crippen LogP contribution in [0.5, 0.6) is 0 Å². The summed E-state index contributed by atoms with van der Waals surface area (Å²) >= 11 is 0. The summed E-state index contributed by atoms with van der Waals surface area (Å²) in [6, 6.07) is 0. The standard InChI is InChI=1S/C12H25/c1-6-10(3)8-12(5)9-11(4)7-2/h10-11H,6-9H2,1-5H3. The van der Waals surface area contributed by atoms with Gasteiger partial charge in [0.2, 0.25) is 0 Å². The first kappa shape index (κ1) is 12.0. The van der Waals surface area contributed by atoms with Crippen molar-refractivity contribution in [2.75, 3.05) is 0 Å². The maximum atomic E-state index is 2.35. The van der Waals surface area contributed by atoms with Crippen LogP contribution in [0.15, 0.2) is 0 Å². The van der Waals surface area contributed by atoms with Crippen LogP contribution in [0.2, 0.25) is 0 Å². The van der Waals surface area contributed by atoms with E-state index in [0.29, 0.717) is 0 Å². The highest BCUT2D eigenvalue weighted by molar-refractivity contribution is 4.86. The van der Waals surface area contributed by atoms with Crippen LogP contribution in [0.3, 0.4) is 0 Å². The van der Waals surface area contributed by atoms with E-state index >= 15 is 0 Å². The molecule has 0 bridgehead atoms. The lowest BCUT2D eigenvalue weighted by atomic mass is 9.88. The molecule has 0 nitrogen and oxygen atoms in total. The third-order valence-electron chi connectivity index (χ3n) is 2.79. The molecule has 0 aromatic rings. The van der Waals surface area contributed by atoms with E-state index in [2.05, 4.69) is 34.6 Å². The second kappa shape index (κ2) is 6.51. The molecule has 0 heterocycles. The maximum Gasteiger partial charge on any atom is -0.0267 e. The second-order valence-corrected chi connectivity index (χ2v) is 4.39. The van der Waals surface area contributed by atoms with E-state index in [-0.39, 0.29) is 0 Å². The molecule has 0 spiro atoms. The summed E-state index contributed by atoms with van der Waals surface area (Å²) < 4.78 is 0. The molecule has 0 aromatic carbocycles.